The van der Waals surface area contributed by atoms with Crippen LogP contribution in [0.2, 0.25) is 0 Å². The summed E-state index contributed by atoms with van der Waals surface area (Å²) in [6.07, 6.45) is 1.96. The third-order valence-electron chi connectivity index (χ3n) is 4.47. The maximum atomic E-state index is 12.3. The second-order valence-corrected chi connectivity index (χ2v) is 6.60. The lowest BCUT2D eigenvalue weighted by molar-refractivity contribution is -0.123. The van der Waals surface area contributed by atoms with Crippen LogP contribution >= 0.6 is 0 Å². The van der Waals surface area contributed by atoms with Crippen LogP contribution in [0.15, 0.2) is 30.3 Å². The molecule has 1 atom stereocenters. The summed E-state index contributed by atoms with van der Waals surface area (Å²) in [6.45, 7) is 6.78. The SMILES string of the molecule is CC(C)C(NC(=O)CN1CCC(CO)CC1)c1ccccc1. The van der Waals surface area contributed by atoms with Gasteiger partial charge in [0.05, 0.1) is 12.6 Å². The number of benzene rings is 1. The van der Waals surface area contributed by atoms with Gasteiger partial charge in [-0.25, -0.2) is 0 Å². The van der Waals surface area contributed by atoms with Crippen LogP contribution in [0.25, 0.3) is 0 Å². The number of nitrogens with one attached hydrogen (secondary N) is 1. The van der Waals surface area contributed by atoms with Crippen LogP contribution in [-0.2, 0) is 4.79 Å². The number of aliphatic hydroxyl groups excluding tert-OH is 1. The molecule has 0 saturated carbocycles. The summed E-state index contributed by atoms with van der Waals surface area (Å²) in [6, 6.07) is 10.2. The number of hydrogen-bond donors (Lipinski definition) is 2. The molecule has 4 nitrogen and oxygen atoms in total. The highest BCUT2D eigenvalue weighted by Crippen LogP contribution is 2.21. The third-order valence-corrected chi connectivity index (χ3v) is 4.47. The molecule has 0 aromatic heterocycles. The molecule has 122 valence electrons. The summed E-state index contributed by atoms with van der Waals surface area (Å²) in [5.41, 5.74) is 1.16. The van der Waals surface area contributed by atoms with Gasteiger partial charge in [0.1, 0.15) is 0 Å². The number of carbonyl (C=O) groups is 1. The van der Waals surface area contributed by atoms with Crippen molar-refractivity contribution in [3.05, 3.63) is 35.9 Å². The molecule has 1 amide bonds. The summed E-state index contributed by atoms with van der Waals surface area (Å²) in [5.74, 6) is 0.850. The fourth-order valence-corrected chi connectivity index (χ4v) is 3.04. The van der Waals surface area contributed by atoms with E-state index in [4.69, 9.17) is 5.11 Å². The molecule has 4 heteroatoms. The largest absolute Gasteiger partial charge is 0.396 e. The lowest BCUT2D eigenvalue weighted by atomic mass is 9.96. The zero-order valence-electron chi connectivity index (χ0n) is 13.7. The van der Waals surface area contributed by atoms with Crippen molar-refractivity contribution >= 4 is 5.91 Å². The van der Waals surface area contributed by atoms with Crippen molar-refractivity contribution in [3.8, 4) is 0 Å². The Bertz CT molecular complexity index is 453. The van der Waals surface area contributed by atoms with E-state index in [9.17, 15) is 4.79 Å². The van der Waals surface area contributed by atoms with Gasteiger partial charge in [0, 0.05) is 6.61 Å². The van der Waals surface area contributed by atoms with E-state index in [0.29, 0.717) is 18.4 Å². The molecule has 1 aromatic rings. The molecule has 0 radical (unpaired) electrons. The highest BCUT2D eigenvalue weighted by molar-refractivity contribution is 5.78. The average molecular weight is 304 g/mol. The predicted molar refractivity (Wildman–Crippen MR) is 88.4 cm³/mol. The molecule has 1 fully saturated rings. The second kappa shape index (κ2) is 8.30. The Morgan fingerprint density at radius 2 is 1.91 bits per heavy atom. The molecule has 1 heterocycles. The van der Waals surface area contributed by atoms with Gasteiger partial charge in [-0.15, -0.1) is 0 Å². The standard InChI is InChI=1S/C18H28N2O2/c1-14(2)18(16-6-4-3-5-7-16)19-17(22)12-20-10-8-15(13-21)9-11-20/h3-7,14-15,18,21H,8-13H2,1-2H3,(H,19,22). The fraction of sp³-hybridized carbons (Fsp3) is 0.611. The first-order chi connectivity index (χ1) is 10.6. The van der Waals surface area contributed by atoms with Crippen LogP contribution in [0, 0.1) is 11.8 Å². The Morgan fingerprint density at radius 3 is 2.45 bits per heavy atom. The van der Waals surface area contributed by atoms with Gasteiger partial charge >= 0.3 is 0 Å². The minimum absolute atomic E-state index is 0.0590. The number of nitrogens with zero attached hydrogens (tertiary/aromatic N) is 1. The molecule has 2 rings (SSSR count). The molecule has 1 aliphatic heterocycles. The number of hydrogen-bond acceptors (Lipinski definition) is 3. The van der Waals surface area contributed by atoms with Gasteiger partial charge in [-0.05, 0) is 43.3 Å². The van der Waals surface area contributed by atoms with Crippen LogP contribution in [0.1, 0.15) is 38.3 Å². The Balaban J connectivity index is 1.87. The third kappa shape index (κ3) is 4.82. The number of likely N-dealkylation sites (tertiary alicyclic amines) is 1. The topological polar surface area (TPSA) is 52.6 Å². The van der Waals surface area contributed by atoms with Crippen molar-refractivity contribution in [3.63, 3.8) is 0 Å². The van der Waals surface area contributed by atoms with E-state index < -0.39 is 0 Å². The monoisotopic (exact) mass is 304 g/mol. The van der Waals surface area contributed by atoms with Gasteiger partial charge in [-0.2, -0.15) is 0 Å². The van der Waals surface area contributed by atoms with E-state index in [1.165, 1.54) is 0 Å². The van der Waals surface area contributed by atoms with Crippen LogP contribution in [-0.4, -0.2) is 42.2 Å². The molecular formula is C18H28N2O2. The number of carbonyl (C=O) groups excluding carboxylic acids is 1. The molecule has 0 aliphatic carbocycles. The Labute approximate surface area is 133 Å². The number of aliphatic hydroxyl groups is 1. The quantitative estimate of drug-likeness (QED) is 0.847. The summed E-state index contributed by atoms with van der Waals surface area (Å²) in [4.78, 5) is 14.5. The van der Waals surface area contributed by atoms with E-state index >= 15 is 0 Å². The van der Waals surface area contributed by atoms with Crippen LogP contribution in [0.3, 0.4) is 0 Å². The molecule has 0 bridgehead atoms. The summed E-state index contributed by atoms with van der Waals surface area (Å²) >= 11 is 0. The summed E-state index contributed by atoms with van der Waals surface area (Å²) < 4.78 is 0. The predicted octanol–water partition coefficient (Wildman–Crippen LogP) is 2.20. The molecule has 2 N–H and O–H groups in total. The first-order valence-electron chi connectivity index (χ1n) is 8.27. The van der Waals surface area contributed by atoms with Crippen molar-refractivity contribution in [2.75, 3.05) is 26.2 Å². The second-order valence-electron chi connectivity index (χ2n) is 6.60. The Hall–Kier alpha value is -1.39. The molecule has 1 aliphatic rings. The lowest BCUT2D eigenvalue weighted by Crippen LogP contribution is -2.43. The number of piperidine rings is 1. The maximum Gasteiger partial charge on any atom is 0.234 e. The lowest BCUT2D eigenvalue weighted by Gasteiger charge is -2.31. The van der Waals surface area contributed by atoms with Gasteiger partial charge in [-0.1, -0.05) is 44.2 Å². The van der Waals surface area contributed by atoms with Crippen molar-refractivity contribution < 1.29 is 9.90 Å². The molecule has 22 heavy (non-hydrogen) atoms. The minimum Gasteiger partial charge on any atom is -0.396 e. The highest BCUT2D eigenvalue weighted by atomic mass is 16.3. The zero-order valence-corrected chi connectivity index (χ0v) is 13.7. The van der Waals surface area contributed by atoms with Gasteiger partial charge in [0.15, 0.2) is 0 Å². The van der Waals surface area contributed by atoms with Gasteiger partial charge in [0.25, 0.3) is 0 Å². The molecule has 1 unspecified atom stereocenters. The number of amides is 1. The van der Waals surface area contributed by atoms with Gasteiger partial charge in [-0.3, -0.25) is 9.69 Å². The fourth-order valence-electron chi connectivity index (χ4n) is 3.04. The highest BCUT2D eigenvalue weighted by Gasteiger charge is 2.22. The molecule has 1 aromatic carbocycles. The van der Waals surface area contributed by atoms with Crippen molar-refractivity contribution in [2.24, 2.45) is 11.8 Å². The van der Waals surface area contributed by atoms with Crippen LogP contribution in [0.5, 0.6) is 0 Å². The van der Waals surface area contributed by atoms with E-state index in [0.717, 1.165) is 31.5 Å². The Morgan fingerprint density at radius 1 is 1.27 bits per heavy atom. The zero-order chi connectivity index (χ0) is 15.9. The Kier molecular flexibility index (Phi) is 6.40. The first-order valence-corrected chi connectivity index (χ1v) is 8.27. The smallest absolute Gasteiger partial charge is 0.234 e. The normalized spacial score (nSPS) is 18.4. The van der Waals surface area contributed by atoms with Crippen molar-refractivity contribution in [1.82, 2.24) is 10.2 Å². The molecular weight excluding hydrogens is 276 g/mol. The van der Waals surface area contributed by atoms with Crippen LogP contribution in [0.4, 0.5) is 0 Å². The van der Waals surface area contributed by atoms with E-state index in [-0.39, 0.29) is 18.6 Å². The van der Waals surface area contributed by atoms with E-state index in [1.54, 1.807) is 0 Å². The number of rotatable bonds is 6. The summed E-state index contributed by atoms with van der Waals surface area (Å²) in [7, 11) is 0. The van der Waals surface area contributed by atoms with Crippen LogP contribution < -0.4 is 5.32 Å². The minimum atomic E-state index is 0.0590. The molecule has 0 spiro atoms. The molecule has 1 saturated heterocycles. The maximum absolute atomic E-state index is 12.3. The van der Waals surface area contributed by atoms with Gasteiger partial charge in [0.2, 0.25) is 5.91 Å². The van der Waals surface area contributed by atoms with Gasteiger partial charge < -0.3 is 10.4 Å². The average Bonchev–Trinajstić information content (AvgIpc) is 2.54. The van der Waals surface area contributed by atoms with Crippen molar-refractivity contribution in [1.29, 1.82) is 0 Å². The summed E-state index contributed by atoms with van der Waals surface area (Å²) in [5, 5.41) is 12.3. The van der Waals surface area contributed by atoms with E-state index in [2.05, 4.69) is 36.2 Å². The first kappa shape index (κ1) is 17.0. The van der Waals surface area contributed by atoms with Crippen molar-refractivity contribution in [2.45, 2.75) is 32.7 Å². The van der Waals surface area contributed by atoms with E-state index in [1.807, 2.05) is 18.2 Å².